The van der Waals surface area contributed by atoms with E-state index in [9.17, 15) is 9.50 Å². The maximum absolute atomic E-state index is 13.3. The Labute approximate surface area is 107 Å². The molecule has 0 unspecified atom stereocenters. The minimum Gasteiger partial charge on any atom is -0.503 e. The number of benzene rings is 1. The van der Waals surface area contributed by atoms with E-state index in [0.717, 1.165) is 39.3 Å². The van der Waals surface area contributed by atoms with E-state index < -0.39 is 5.82 Å². The average Bonchev–Trinajstić information content (AvgIpc) is 2.40. The van der Waals surface area contributed by atoms with Gasteiger partial charge in [-0.1, -0.05) is 6.07 Å². The summed E-state index contributed by atoms with van der Waals surface area (Å²) in [6.07, 6.45) is 0. The quantitative estimate of drug-likeness (QED) is 0.878. The molecule has 1 aromatic carbocycles. The number of piperazine rings is 1. The minimum atomic E-state index is -0.561. The second kappa shape index (κ2) is 6.02. The monoisotopic (exact) mass is 254 g/mol. The van der Waals surface area contributed by atoms with Crippen molar-refractivity contribution in [3.8, 4) is 5.75 Å². The van der Waals surface area contributed by atoms with Gasteiger partial charge in [-0.3, -0.25) is 4.90 Å². The van der Waals surface area contributed by atoms with Crippen molar-refractivity contribution in [3.63, 3.8) is 0 Å². The summed E-state index contributed by atoms with van der Waals surface area (Å²) in [4.78, 5) is 4.32. The van der Waals surface area contributed by atoms with Crippen LogP contribution in [0.4, 0.5) is 10.1 Å². The Hall–Kier alpha value is -1.33. The lowest BCUT2D eigenvalue weighted by molar-refractivity contribution is 0.144. The molecule has 1 N–H and O–H groups in total. The smallest absolute Gasteiger partial charge is 0.175 e. The standard InChI is InChI=1S/C13H19FN2O2/c1-18-10-9-15-5-7-16(8-6-15)12-4-2-3-11(14)13(12)17/h2-4,17H,5-10H2,1H3. The molecule has 1 aromatic rings. The third kappa shape index (κ3) is 2.91. The number of phenolic OH excluding ortho intramolecular Hbond substituents is 1. The van der Waals surface area contributed by atoms with E-state index in [-0.39, 0.29) is 5.75 Å². The number of anilines is 1. The normalized spacial score (nSPS) is 17.1. The fourth-order valence-electron chi connectivity index (χ4n) is 2.19. The summed E-state index contributed by atoms with van der Waals surface area (Å²) in [6.45, 7) is 5.03. The van der Waals surface area contributed by atoms with E-state index in [1.54, 1.807) is 19.2 Å². The lowest BCUT2D eigenvalue weighted by atomic mass is 10.2. The van der Waals surface area contributed by atoms with Crippen molar-refractivity contribution < 1.29 is 14.2 Å². The Morgan fingerprint density at radius 1 is 1.28 bits per heavy atom. The molecule has 0 amide bonds. The van der Waals surface area contributed by atoms with Crippen LogP contribution in [0.5, 0.6) is 5.75 Å². The van der Waals surface area contributed by atoms with Gasteiger partial charge < -0.3 is 14.7 Å². The van der Waals surface area contributed by atoms with Gasteiger partial charge >= 0.3 is 0 Å². The number of halogens is 1. The van der Waals surface area contributed by atoms with Crippen molar-refractivity contribution in [2.75, 3.05) is 51.3 Å². The van der Waals surface area contributed by atoms with Crippen molar-refractivity contribution in [2.45, 2.75) is 0 Å². The number of rotatable bonds is 4. The van der Waals surface area contributed by atoms with E-state index in [0.29, 0.717) is 5.69 Å². The van der Waals surface area contributed by atoms with Gasteiger partial charge in [0.05, 0.1) is 12.3 Å². The third-order valence-corrected chi connectivity index (χ3v) is 3.29. The molecule has 4 nitrogen and oxygen atoms in total. The lowest BCUT2D eigenvalue weighted by Gasteiger charge is -2.36. The first-order valence-corrected chi connectivity index (χ1v) is 6.16. The number of methoxy groups -OCH3 is 1. The highest BCUT2D eigenvalue weighted by Crippen LogP contribution is 2.30. The number of ether oxygens (including phenoxy) is 1. The molecule has 1 saturated heterocycles. The van der Waals surface area contributed by atoms with Gasteiger partial charge in [0.1, 0.15) is 0 Å². The van der Waals surface area contributed by atoms with E-state index >= 15 is 0 Å². The van der Waals surface area contributed by atoms with Crippen LogP contribution < -0.4 is 4.90 Å². The van der Waals surface area contributed by atoms with Gasteiger partial charge in [0.25, 0.3) is 0 Å². The molecule has 1 heterocycles. The number of para-hydroxylation sites is 1. The Bertz CT molecular complexity index is 393. The van der Waals surface area contributed by atoms with Gasteiger partial charge in [-0.2, -0.15) is 0 Å². The predicted molar refractivity (Wildman–Crippen MR) is 68.6 cm³/mol. The molecular formula is C13H19FN2O2. The SMILES string of the molecule is COCCN1CCN(c2cccc(F)c2O)CC1. The van der Waals surface area contributed by atoms with E-state index in [1.165, 1.54) is 6.07 Å². The van der Waals surface area contributed by atoms with Crippen LogP contribution in [0.3, 0.4) is 0 Å². The van der Waals surface area contributed by atoms with Crippen LogP contribution in [0.2, 0.25) is 0 Å². The molecule has 1 fully saturated rings. The Morgan fingerprint density at radius 3 is 2.67 bits per heavy atom. The molecule has 0 saturated carbocycles. The fourth-order valence-corrected chi connectivity index (χ4v) is 2.19. The van der Waals surface area contributed by atoms with Crippen molar-refractivity contribution in [2.24, 2.45) is 0 Å². The summed E-state index contributed by atoms with van der Waals surface area (Å²) in [5.74, 6) is -0.808. The van der Waals surface area contributed by atoms with Gasteiger partial charge in [-0.15, -0.1) is 0 Å². The van der Waals surface area contributed by atoms with Gasteiger partial charge in [-0.25, -0.2) is 4.39 Å². The molecule has 1 aliphatic heterocycles. The number of aromatic hydroxyl groups is 1. The highest BCUT2D eigenvalue weighted by molar-refractivity contribution is 5.58. The molecule has 1 aliphatic rings. The molecular weight excluding hydrogens is 235 g/mol. The predicted octanol–water partition coefficient (Wildman–Crippen LogP) is 1.30. The topological polar surface area (TPSA) is 35.9 Å². The van der Waals surface area contributed by atoms with Gasteiger partial charge in [0.2, 0.25) is 0 Å². The molecule has 0 radical (unpaired) electrons. The van der Waals surface area contributed by atoms with Crippen molar-refractivity contribution in [3.05, 3.63) is 24.0 Å². The highest BCUT2D eigenvalue weighted by Gasteiger charge is 2.20. The zero-order valence-electron chi connectivity index (χ0n) is 10.6. The van der Waals surface area contributed by atoms with Gasteiger partial charge in [0, 0.05) is 39.8 Å². The summed E-state index contributed by atoms with van der Waals surface area (Å²) in [5.41, 5.74) is 0.585. The van der Waals surface area contributed by atoms with Crippen LogP contribution in [-0.4, -0.2) is 56.4 Å². The second-order valence-corrected chi connectivity index (χ2v) is 4.43. The molecule has 0 bridgehead atoms. The summed E-state index contributed by atoms with van der Waals surface area (Å²) < 4.78 is 18.3. The van der Waals surface area contributed by atoms with E-state index in [2.05, 4.69) is 4.90 Å². The Kier molecular flexibility index (Phi) is 4.38. The molecule has 18 heavy (non-hydrogen) atoms. The van der Waals surface area contributed by atoms with Crippen LogP contribution in [0.15, 0.2) is 18.2 Å². The van der Waals surface area contributed by atoms with Crippen molar-refractivity contribution >= 4 is 5.69 Å². The summed E-state index contributed by atoms with van der Waals surface area (Å²) in [5, 5.41) is 9.71. The average molecular weight is 254 g/mol. The van der Waals surface area contributed by atoms with Crippen LogP contribution in [-0.2, 0) is 4.74 Å². The molecule has 100 valence electrons. The number of hydrogen-bond donors (Lipinski definition) is 1. The number of phenols is 1. The molecule has 5 heteroatoms. The lowest BCUT2D eigenvalue weighted by Crippen LogP contribution is -2.47. The zero-order chi connectivity index (χ0) is 13.0. The third-order valence-electron chi connectivity index (χ3n) is 3.29. The Morgan fingerprint density at radius 2 is 2.00 bits per heavy atom. The minimum absolute atomic E-state index is 0.247. The second-order valence-electron chi connectivity index (χ2n) is 4.43. The van der Waals surface area contributed by atoms with Crippen LogP contribution >= 0.6 is 0 Å². The maximum Gasteiger partial charge on any atom is 0.175 e. The first kappa shape index (κ1) is 13.1. The van der Waals surface area contributed by atoms with Gasteiger partial charge in [-0.05, 0) is 12.1 Å². The van der Waals surface area contributed by atoms with Crippen LogP contribution in [0.1, 0.15) is 0 Å². The van der Waals surface area contributed by atoms with Crippen molar-refractivity contribution in [1.82, 2.24) is 4.90 Å². The summed E-state index contributed by atoms with van der Waals surface area (Å²) in [7, 11) is 1.70. The zero-order valence-corrected chi connectivity index (χ0v) is 10.6. The number of nitrogens with zero attached hydrogens (tertiary/aromatic N) is 2. The van der Waals surface area contributed by atoms with Crippen LogP contribution in [0, 0.1) is 5.82 Å². The molecule has 0 atom stereocenters. The molecule has 0 spiro atoms. The van der Waals surface area contributed by atoms with E-state index in [4.69, 9.17) is 4.74 Å². The molecule has 0 aromatic heterocycles. The first-order chi connectivity index (χ1) is 8.72. The summed E-state index contributed by atoms with van der Waals surface area (Å²) in [6, 6.07) is 4.65. The molecule has 0 aliphatic carbocycles. The first-order valence-electron chi connectivity index (χ1n) is 6.16. The maximum atomic E-state index is 13.3. The number of hydrogen-bond acceptors (Lipinski definition) is 4. The molecule has 2 rings (SSSR count). The highest BCUT2D eigenvalue weighted by atomic mass is 19.1. The summed E-state index contributed by atoms with van der Waals surface area (Å²) >= 11 is 0. The van der Waals surface area contributed by atoms with E-state index in [1.807, 2.05) is 4.90 Å². The van der Waals surface area contributed by atoms with Gasteiger partial charge in [0.15, 0.2) is 11.6 Å². The Balaban J connectivity index is 1.95. The van der Waals surface area contributed by atoms with Crippen LogP contribution in [0.25, 0.3) is 0 Å². The largest absolute Gasteiger partial charge is 0.503 e. The fraction of sp³-hybridized carbons (Fsp3) is 0.538. The van der Waals surface area contributed by atoms with Crippen molar-refractivity contribution in [1.29, 1.82) is 0 Å².